The second kappa shape index (κ2) is 8.49. The normalized spacial score (nSPS) is 16.9. The van der Waals surface area contributed by atoms with Gasteiger partial charge in [0.15, 0.2) is 5.96 Å². The number of aliphatic imine (C=N–C) groups is 1. The Bertz CT molecular complexity index is 413. The van der Waals surface area contributed by atoms with Crippen LogP contribution in [0.5, 0.6) is 0 Å². The van der Waals surface area contributed by atoms with Crippen molar-refractivity contribution in [2.24, 2.45) is 10.7 Å². The Morgan fingerprint density at radius 1 is 1.30 bits per heavy atom. The zero-order valence-corrected chi connectivity index (χ0v) is 14.6. The van der Waals surface area contributed by atoms with Crippen molar-refractivity contribution in [2.75, 3.05) is 13.1 Å². The molecule has 1 saturated carbocycles. The maximum Gasteiger partial charge on any atom is 0.188 e. The van der Waals surface area contributed by atoms with Crippen LogP contribution in [0.2, 0.25) is 0 Å². The van der Waals surface area contributed by atoms with Gasteiger partial charge in [0.25, 0.3) is 0 Å². The summed E-state index contributed by atoms with van der Waals surface area (Å²) in [6.45, 7) is 3.90. The molecule has 0 saturated heterocycles. The lowest BCUT2D eigenvalue weighted by molar-refractivity contribution is 0.253. The number of halogens is 1. The van der Waals surface area contributed by atoms with Crippen LogP contribution in [0.3, 0.4) is 0 Å². The van der Waals surface area contributed by atoms with Gasteiger partial charge in [-0.1, -0.05) is 50.1 Å². The molecule has 0 amide bonds. The topological polar surface area (TPSA) is 50.4 Å². The van der Waals surface area contributed by atoms with Crippen LogP contribution in [0.15, 0.2) is 35.3 Å². The van der Waals surface area contributed by atoms with Gasteiger partial charge >= 0.3 is 0 Å². The Morgan fingerprint density at radius 3 is 2.55 bits per heavy atom. The number of hydrogen-bond donors (Lipinski definition) is 2. The summed E-state index contributed by atoms with van der Waals surface area (Å²) in [7, 11) is 0. The molecule has 1 aromatic rings. The molecule has 3 nitrogen and oxygen atoms in total. The van der Waals surface area contributed by atoms with Gasteiger partial charge in [-0.25, -0.2) is 0 Å². The highest BCUT2D eigenvalue weighted by atomic mass is 127. The predicted molar refractivity (Wildman–Crippen MR) is 96.8 cm³/mol. The van der Waals surface area contributed by atoms with Crippen LogP contribution in [0.25, 0.3) is 0 Å². The molecule has 0 atom stereocenters. The minimum atomic E-state index is 0. The van der Waals surface area contributed by atoms with Gasteiger partial charge in [-0.15, -0.1) is 24.0 Å². The average Bonchev–Trinajstić information content (AvgIpc) is 2.39. The number of guanidine groups is 1. The van der Waals surface area contributed by atoms with E-state index in [1.165, 1.54) is 31.2 Å². The Morgan fingerprint density at radius 2 is 2.00 bits per heavy atom. The van der Waals surface area contributed by atoms with Crippen LogP contribution in [0.1, 0.15) is 44.6 Å². The summed E-state index contributed by atoms with van der Waals surface area (Å²) < 4.78 is 0. The maximum atomic E-state index is 5.92. The lowest BCUT2D eigenvalue weighted by Crippen LogP contribution is -2.40. The zero-order chi connectivity index (χ0) is 13.6. The molecule has 0 aliphatic heterocycles. The molecular weight excluding hydrogens is 361 g/mol. The number of nitrogens with one attached hydrogen (secondary N) is 1. The van der Waals surface area contributed by atoms with Crippen molar-refractivity contribution < 1.29 is 0 Å². The van der Waals surface area contributed by atoms with E-state index in [-0.39, 0.29) is 29.4 Å². The third-order valence-corrected chi connectivity index (χ3v) is 4.09. The fourth-order valence-electron chi connectivity index (χ4n) is 2.62. The fraction of sp³-hybridized carbons (Fsp3) is 0.562. The Hall–Kier alpha value is -0.780. The second-order valence-corrected chi connectivity index (χ2v) is 5.48. The fourth-order valence-corrected chi connectivity index (χ4v) is 2.62. The summed E-state index contributed by atoms with van der Waals surface area (Å²) >= 11 is 0. The van der Waals surface area contributed by atoms with Gasteiger partial charge in [0.05, 0.1) is 6.54 Å². The quantitative estimate of drug-likeness (QED) is 0.340. The van der Waals surface area contributed by atoms with Gasteiger partial charge in [0, 0.05) is 12.0 Å². The predicted octanol–water partition coefficient (Wildman–Crippen LogP) is 3.43. The molecule has 1 aliphatic rings. The SMILES string of the molecule is CCCCNC(N)=NCC1(c2ccccc2)CCC1.I. The molecule has 0 heterocycles. The minimum absolute atomic E-state index is 0. The summed E-state index contributed by atoms with van der Waals surface area (Å²) in [5.41, 5.74) is 7.56. The Labute approximate surface area is 139 Å². The molecule has 112 valence electrons. The summed E-state index contributed by atoms with van der Waals surface area (Å²) in [5, 5.41) is 3.18. The smallest absolute Gasteiger partial charge is 0.188 e. The van der Waals surface area contributed by atoms with E-state index in [0.717, 1.165) is 19.5 Å². The van der Waals surface area contributed by atoms with E-state index in [2.05, 4.69) is 47.6 Å². The number of rotatable bonds is 6. The first-order valence-corrected chi connectivity index (χ1v) is 7.36. The van der Waals surface area contributed by atoms with Crippen molar-refractivity contribution in [2.45, 2.75) is 44.4 Å². The Balaban J connectivity index is 0.00000200. The first kappa shape index (κ1) is 17.3. The van der Waals surface area contributed by atoms with E-state index in [0.29, 0.717) is 5.96 Å². The van der Waals surface area contributed by atoms with Crippen molar-refractivity contribution in [3.63, 3.8) is 0 Å². The lowest BCUT2D eigenvalue weighted by Gasteiger charge is -2.41. The molecule has 0 bridgehead atoms. The van der Waals surface area contributed by atoms with E-state index < -0.39 is 0 Å². The van der Waals surface area contributed by atoms with Crippen LogP contribution < -0.4 is 11.1 Å². The number of benzene rings is 1. The van der Waals surface area contributed by atoms with Gasteiger partial charge < -0.3 is 11.1 Å². The summed E-state index contributed by atoms with van der Waals surface area (Å²) in [5.74, 6) is 0.593. The molecule has 20 heavy (non-hydrogen) atoms. The lowest BCUT2D eigenvalue weighted by atomic mass is 9.64. The van der Waals surface area contributed by atoms with Gasteiger partial charge in [-0.2, -0.15) is 0 Å². The molecule has 1 aliphatic carbocycles. The standard InChI is InChI=1S/C16H25N3.HI/c1-2-3-12-18-15(17)19-13-16(10-7-11-16)14-8-5-4-6-9-14;/h4-6,8-9H,2-3,7,10-13H2,1H3,(H3,17,18,19);1H. The number of nitrogens with zero attached hydrogens (tertiary/aromatic N) is 1. The summed E-state index contributed by atoms with van der Waals surface area (Å²) in [6, 6.07) is 10.7. The highest BCUT2D eigenvalue weighted by Gasteiger charge is 2.38. The minimum Gasteiger partial charge on any atom is -0.370 e. The summed E-state index contributed by atoms with van der Waals surface area (Å²) in [4.78, 5) is 4.55. The molecular formula is C16H26IN3. The molecule has 3 N–H and O–H groups in total. The second-order valence-electron chi connectivity index (χ2n) is 5.48. The highest BCUT2D eigenvalue weighted by Crippen LogP contribution is 2.43. The van der Waals surface area contributed by atoms with Crippen LogP contribution in [0.4, 0.5) is 0 Å². The van der Waals surface area contributed by atoms with Crippen LogP contribution >= 0.6 is 24.0 Å². The highest BCUT2D eigenvalue weighted by molar-refractivity contribution is 14.0. The zero-order valence-electron chi connectivity index (χ0n) is 12.3. The van der Waals surface area contributed by atoms with Crippen LogP contribution in [-0.4, -0.2) is 19.0 Å². The monoisotopic (exact) mass is 387 g/mol. The van der Waals surface area contributed by atoms with Crippen molar-refractivity contribution in [1.82, 2.24) is 5.32 Å². The number of unbranched alkanes of at least 4 members (excludes halogenated alkanes) is 1. The van der Waals surface area contributed by atoms with Gasteiger partial charge in [0.1, 0.15) is 0 Å². The maximum absolute atomic E-state index is 5.92. The van der Waals surface area contributed by atoms with Crippen molar-refractivity contribution in [3.05, 3.63) is 35.9 Å². The average molecular weight is 387 g/mol. The molecule has 4 heteroatoms. The van der Waals surface area contributed by atoms with Crippen molar-refractivity contribution in [1.29, 1.82) is 0 Å². The molecule has 0 radical (unpaired) electrons. The van der Waals surface area contributed by atoms with Gasteiger partial charge in [-0.3, -0.25) is 4.99 Å². The van der Waals surface area contributed by atoms with Crippen molar-refractivity contribution >= 4 is 29.9 Å². The molecule has 2 rings (SSSR count). The first-order valence-electron chi connectivity index (χ1n) is 7.36. The third-order valence-electron chi connectivity index (χ3n) is 4.09. The van der Waals surface area contributed by atoms with Gasteiger partial charge in [-0.05, 0) is 24.8 Å². The van der Waals surface area contributed by atoms with E-state index >= 15 is 0 Å². The molecule has 1 aromatic carbocycles. The van der Waals surface area contributed by atoms with Crippen LogP contribution in [0, 0.1) is 0 Å². The van der Waals surface area contributed by atoms with Gasteiger partial charge in [0.2, 0.25) is 0 Å². The number of hydrogen-bond acceptors (Lipinski definition) is 1. The van der Waals surface area contributed by atoms with E-state index in [9.17, 15) is 0 Å². The molecule has 0 spiro atoms. The largest absolute Gasteiger partial charge is 0.370 e. The molecule has 1 fully saturated rings. The summed E-state index contributed by atoms with van der Waals surface area (Å²) in [6.07, 6.45) is 6.06. The first-order chi connectivity index (χ1) is 9.27. The van der Waals surface area contributed by atoms with E-state index in [1.54, 1.807) is 0 Å². The van der Waals surface area contributed by atoms with Crippen LogP contribution in [-0.2, 0) is 5.41 Å². The van der Waals surface area contributed by atoms with E-state index in [4.69, 9.17) is 5.73 Å². The number of nitrogens with two attached hydrogens (primary N) is 1. The Kier molecular flexibility index (Phi) is 7.34. The van der Waals surface area contributed by atoms with E-state index in [1.807, 2.05) is 0 Å². The third kappa shape index (κ3) is 4.36. The molecule has 0 aromatic heterocycles. The molecule has 0 unspecified atom stereocenters. The van der Waals surface area contributed by atoms with Crippen molar-refractivity contribution in [3.8, 4) is 0 Å².